The van der Waals surface area contributed by atoms with Crippen molar-refractivity contribution in [3.63, 3.8) is 0 Å². The van der Waals surface area contributed by atoms with Crippen LogP contribution in [-0.4, -0.2) is 36.6 Å². The lowest BCUT2D eigenvalue weighted by atomic mass is 10.1. The number of hydrogen-bond donors (Lipinski definition) is 2. The number of aliphatic hydroxyl groups excluding tert-OH is 2. The Labute approximate surface area is 121 Å². The van der Waals surface area contributed by atoms with Gasteiger partial charge in [-0.05, 0) is 62.8 Å². The maximum Gasteiger partial charge on any atom is 0.122 e. The van der Waals surface area contributed by atoms with Crippen LogP contribution in [0.1, 0.15) is 36.8 Å². The Morgan fingerprint density at radius 3 is 1.50 bits per heavy atom. The molecule has 0 aliphatic heterocycles. The Morgan fingerprint density at radius 2 is 1.15 bits per heavy atom. The molecule has 0 saturated carbocycles. The van der Waals surface area contributed by atoms with Crippen molar-refractivity contribution in [2.75, 3.05) is 26.4 Å². The maximum atomic E-state index is 8.73. The second kappa shape index (κ2) is 9.61. The molecule has 0 fully saturated rings. The molecule has 2 N–H and O–H groups in total. The fraction of sp³-hybridized carbons (Fsp3) is 0.625. The minimum Gasteiger partial charge on any atom is -0.493 e. The van der Waals surface area contributed by atoms with E-state index < -0.39 is 0 Å². The second-order valence-electron chi connectivity index (χ2n) is 4.87. The van der Waals surface area contributed by atoms with Crippen molar-refractivity contribution >= 4 is 0 Å². The fourth-order valence-corrected chi connectivity index (χ4v) is 1.88. The molecular weight excluding hydrogens is 256 g/mol. The van der Waals surface area contributed by atoms with E-state index in [1.54, 1.807) is 0 Å². The molecule has 20 heavy (non-hydrogen) atoms. The first-order valence-corrected chi connectivity index (χ1v) is 7.28. The lowest BCUT2D eigenvalue weighted by molar-refractivity contribution is 0.249. The zero-order valence-electron chi connectivity index (χ0n) is 12.5. The monoisotopic (exact) mass is 282 g/mol. The van der Waals surface area contributed by atoms with E-state index in [1.807, 2.05) is 26.0 Å². The number of rotatable bonds is 10. The van der Waals surface area contributed by atoms with E-state index in [-0.39, 0.29) is 13.2 Å². The molecule has 114 valence electrons. The standard InChI is InChI=1S/C16H26O4/c1-13-14(2)16(20-12-6-4-10-18)8-7-15(13)19-11-5-3-9-17/h7-8,17-18H,3-6,9-12H2,1-2H3. The number of benzene rings is 1. The van der Waals surface area contributed by atoms with Crippen molar-refractivity contribution in [3.8, 4) is 11.5 Å². The minimum atomic E-state index is 0.210. The lowest BCUT2D eigenvalue weighted by Gasteiger charge is -2.15. The summed E-state index contributed by atoms with van der Waals surface area (Å²) in [6, 6.07) is 3.87. The molecule has 0 bridgehead atoms. The summed E-state index contributed by atoms with van der Waals surface area (Å²) >= 11 is 0. The SMILES string of the molecule is Cc1c(OCCCCO)ccc(OCCCCO)c1C. The second-order valence-corrected chi connectivity index (χ2v) is 4.87. The lowest BCUT2D eigenvalue weighted by Crippen LogP contribution is -2.04. The highest BCUT2D eigenvalue weighted by Crippen LogP contribution is 2.29. The third-order valence-corrected chi connectivity index (χ3v) is 3.31. The molecule has 0 amide bonds. The van der Waals surface area contributed by atoms with Crippen molar-refractivity contribution in [2.45, 2.75) is 39.5 Å². The van der Waals surface area contributed by atoms with E-state index >= 15 is 0 Å². The van der Waals surface area contributed by atoms with Crippen LogP contribution >= 0.6 is 0 Å². The summed E-state index contributed by atoms with van der Waals surface area (Å²) in [5.41, 5.74) is 2.18. The van der Waals surface area contributed by atoms with Gasteiger partial charge in [0.25, 0.3) is 0 Å². The van der Waals surface area contributed by atoms with Crippen LogP contribution < -0.4 is 9.47 Å². The average molecular weight is 282 g/mol. The first kappa shape index (κ1) is 16.8. The molecule has 1 aromatic rings. The number of ether oxygens (including phenoxy) is 2. The minimum absolute atomic E-state index is 0.210. The maximum absolute atomic E-state index is 8.73. The van der Waals surface area contributed by atoms with E-state index in [1.165, 1.54) is 0 Å². The van der Waals surface area contributed by atoms with E-state index in [4.69, 9.17) is 19.7 Å². The Bertz CT molecular complexity index is 353. The van der Waals surface area contributed by atoms with Crippen LogP contribution in [0.3, 0.4) is 0 Å². The Hall–Kier alpha value is -1.26. The van der Waals surface area contributed by atoms with Gasteiger partial charge in [0.05, 0.1) is 13.2 Å². The van der Waals surface area contributed by atoms with Gasteiger partial charge in [0, 0.05) is 13.2 Å². The highest BCUT2D eigenvalue weighted by atomic mass is 16.5. The summed E-state index contributed by atoms with van der Waals surface area (Å²) in [6.07, 6.45) is 3.25. The van der Waals surface area contributed by atoms with Crippen LogP contribution in [0.15, 0.2) is 12.1 Å². The van der Waals surface area contributed by atoms with Gasteiger partial charge in [-0.2, -0.15) is 0 Å². The molecule has 4 heteroatoms. The van der Waals surface area contributed by atoms with Gasteiger partial charge in [0.2, 0.25) is 0 Å². The molecular formula is C16H26O4. The third kappa shape index (κ3) is 5.39. The molecule has 0 atom stereocenters. The molecule has 0 unspecified atom stereocenters. The summed E-state index contributed by atoms with van der Waals surface area (Å²) in [5.74, 6) is 1.76. The Morgan fingerprint density at radius 1 is 0.750 bits per heavy atom. The van der Waals surface area contributed by atoms with Crippen molar-refractivity contribution in [2.24, 2.45) is 0 Å². The van der Waals surface area contributed by atoms with E-state index in [9.17, 15) is 0 Å². The molecule has 0 aliphatic carbocycles. The summed E-state index contributed by atoms with van der Waals surface area (Å²) in [7, 11) is 0. The average Bonchev–Trinajstić information content (AvgIpc) is 2.46. The van der Waals surface area contributed by atoms with Crippen LogP contribution in [0.5, 0.6) is 11.5 Å². The summed E-state index contributed by atoms with van der Waals surface area (Å²) in [4.78, 5) is 0. The molecule has 0 radical (unpaired) electrons. The van der Waals surface area contributed by atoms with Gasteiger partial charge in [-0.25, -0.2) is 0 Å². The Balaban J connectivity index is 2.52. The molecule has 0 aliphatic rings. The van der Waals surface area contributed by atoms with Crippen LogP contribution in [0.2, 0.25) is 0 Å². The van der Waals surface area contributed by atoms with Gasteiger partial charge >= 0.3 is 0 Å². The predicted molar refractivity (Wildman–Crippen MR) is 79.5 cm³/mol. The molecule has 0 saturated heterocycles. The van der Waals surface area contributed by atoms with Crippen molar-refractivity contribution in [1.29, 1.82) is 0 Å². The molecule has 1 aromatic carbocycles. The summed E-state index contributed by atoms with van der Waals surface area (Å²) < 4.78 is 11.4. The van der Waals surface area contributed by atoms with Gasteiger partial charge in [0.15, 0.2) is 0 Å². The van der Waals surface area contributed by atoms with Crippen molar-refractivity contribution < 1.29 is 19.7 Å². The van der Waals surface area contributed by atoms with Crippen molar-refractivity contribution in [1.82, 2.24) is 0 Å². The quantitative estimate of drug-likeness (QED) is 0.648. The topological polar surface area (TPSA) is 58.9 Å². The van der Waals surface area contributed by atoms with E-state index in [0.29, 0.717) is 13.2 Å². The molecule has 0 spiro atoms. The first-order valence-electron chi connectivity index (χ1n) is 7.28. The largest absolute Gasteiger partial charge is 0.493 e. The van der Waals surface area contributed by atoms with Crippen LogP contribution in [0.4, 0.5) is 0 Å². The Kier molecular flexibility index (Phi) is 8.07. The number of aliphatic hydroxyl groups is 2. The smallest absolute Gasteiger partial charge is 0.122 e. The number of hydrogen-bond acceptors (Lipinski definition) is 4. The van der Waals surface area contributed by atoms with E-state index in [2.05, 4.69) is 0 Å². The highest BCUT2D eigenvalue weighted by Gasteiger charge is 2.08. The number of unbranched alkanes of at least 4 members (excludes halogenated alkanes) is 2. The normalized spacial score (nSPS) is 10.6. The first-order chi connectivity index (χ1) is 9.70. The zero-order chi connectivity index (χ0) is 14.8. The third-order valence-electron chi connectivity index (χ3n) is 3.31. The predicted octanol–water partition coefficient (Wildman–Crippen LogP) is 2.61. The van der Waals surface area contributed by atoms with E-state index in [0.717, 1.165) is 48.3 Å². The summed E-state index contributed by atoms with van der Waals surface area (Å²) in [6.45, 7) is 5.72. The van der Waals surface area contributed by atoms with Crippen molar-refractivity contribution in [3.05, 3.63) is 23.3 Å². The highest BCUT2D eigenvalue weighted by molar-refractivity contribution is 5.47. The van der Waals surface area contributed by atoms with Gasteiger partial charge in [0.1, 0.15) is 11.5 Å². The fourth-order valence-electron chi connectivity index (χ4n) is 1.88. The van der Waals surface area contributed by atoms with Crippen LogP contribution in [0, 0.1) is 13.8 Å². The molecule has 4 nitrogen and oxygen atoms in total. The zero-order valence-corrected chi connectivity index (χ0v) is 12.5. The van der Waals surface area contributed by atoms with Crippen LogP contribution in [-0.2, 0) is 0 Å². The van der Waals surface area contributed by atoms with Crippen LogP contribution in [0.25, 0.3) is 0 Å². The molecule has 0 heterocycles. The van der Waals surface area contributed by atoms with Gasteiger partial charge in [-0.1, -0.05) is 0 Å². The van der Waals surface area contributed by atoms with Gasteiger partial charge < -0.3 is 19.7 Å². The van der Waals surface area contributed by atoms with Gasteiger partial charge in [-0.15, -0.1) is 0 Å². The molecule has 1 rings (SSSR count). The van der Waals surface area contributed by atoms with Gasteiger partial charge in [-0.3, -0.25) is 0 Å². The summed E-state index contributed by atoms with van der Waals surface area (Å²) in [5, 5.41) is 17.5. The molecule has 0 aromatic heterocycles.